The zero-order valence-electron chi connectivity index (χ0n) is 30.3. The third-order valence-corrected chi connectivity index (χ3v) is 10.0. The van der Waals surface area contributed by atoms with Crippen molar-refractivity contribution in [3.05, 3.63) is 94.6 Å². The van der Waals surface area contributed by atoms with Crippen LogP contribution in [0.1, 0.15) is 63.0 Å². The van der Waals surface area contributed by atoms with E-state index in [4.69, 9.17) is 20.0 Å². The first-order chi connectivity index (χ1) is 25.9. The number of carbonyl (C=O) groups excluding carboxylic acids is 5. The summed E-state index contributed by atoms with van der Waals surface area (Å²) in [5, 5.41) is 12.9. The second-order valence-corrected chi connectivity index (χ2v) is 15.2. The molecule has 0 unspecified atom stereocenters. The topological polar surface area (TPSA) is 204 Å². The maximum Gasteiger partial charge on any atom is 0.408 e. The number of hydrogen-bond donors (Lipinski definition) is 4. The van der Waals surface area contributed by atoms with Crippen LogP contribution >= 0.6 is 23.1 Å². The first-order valence-corrected chi connectivity index (χ1v) is 19.2. The molecule has 1 saturated heterocycles. The number of fused-ring (bicyclic) bond motifs is 1. The Hall–Kier alpha value is -5.26. The van der Waals surface area contributed by atoms with E-state index in [1.54, 1.807) is 26.8 Å². The van der Waals surface area contributed by atoms with Crippen LogP contribution in [0, 0.1) is 0 Å². The van der Waals surface area contributed by atoms with Crippen LogP contribution in [0.4, 0.5) is 9.93 Å². The molecule has 3 heterocycles. The van der Waals surface area contributed by atoms with Crippen molar-refractivity contribution in [1.29, 1.82) is 0 Å². The van der Waals surface area contributed by atoms with Crippen molar-refractivity contribution in [3.63, 3.8) is 0 Å². The molecular formula is C37H43N7O8S2. The van der Waals surface area contributed by atoms with Gasteiger partial charge in [0.15, 0.2) is 16.9 Å². The second-order valence-electron chi connectivity index (χ2n) is 13.2. The van der Waals surface area contributed by atoms with E-state index in [1.165, 1.54) is 29.2 Å². The fraction of sp³-hybridized carbons (Fsp3) is 0.378. The summed E-state index contributed by atoms with van der Waals surface area (Å²) in [4.78, 5) is 76.9. The molecule has 54 heavy (non-hydrogen) atoms. The standard InChI is InChI=1S/C37H43N7O8S2/c1-37(2,3)52-36(49)40-24(17-11-12-19-38)30(45)42-35-39-25(21-54-35)27(43-50-4)31(46)41-28-32(47)44-26(18-20-53-33(28)44)34(48)51-29(22-13-7-5-8-14-22)23-15-9-6-10-16-23/h5-10,13-16,18,21,24,28-29,33H,11-12,17,19-20,38H2,1-4H3,(H,40,49)(H,41,46)(H,39,42,45)/b43-27-/t24-,28+,33+/m0/s1. The minimum absolute atomic E-state index is 0.0754. The Kier molecular flexibility index (Phi) is 13.4. The van der Waals surface area contributed by atoms with Gasteiger partial charge in [0.25, 0.3) is 11.8 Å². The van der Waals surface area contributed by atoms with Crippen molar-refractivity contribution in [2.45, 2.75) is 69.2 Å². The molecule has 15 nitrogen and oxygen atoms in total. The summed E-state index contributed by atoms with van der Waals surface area (Å²) in [7, 11) is 1.25. The highest BCUT2D eigenvalue weighted by atomic mass is 32.2. The minimum Gasteiger partial charge on any atom is -0.448 e. The molecular weight excluding hydrogens is 735 g/mol. The van der Waals surface area contributed by atoms with Gasteiger partial charge in [-0.3, -0.25) is 19.3 Å². The van der Waals surface area contributed by atoms with Crippen LogP contribution in [0.15, 0.2) is 83.0 Å². The van der Waals surface area contributed by atoms with Crippen LogP contribution in [0.5, 0.6) is 0 Å². The summed E-state index contributed by atoms with van der Waals surface area (Å²) in [6, 6.07) is 16.7. The minimum atomic E-state index is -0.980. The van der Waals surface area contributed by atoms with Crippen molar-refractivity contribution in [2.75, 3.05) is 24.7 Å². The van der Waals surface area contributed by atoms with Crippen molar-refractivity contribution >= 4 is 63.7 Å². The Morgan fingerprint density at radius 1 is 1.04 bits per heavy atom. The first kappa shape index (κ1) is 39.9. The summed E-state index contributed by atoms with van der Waals surface area (Å²) < 4.78 is 11.3. The third-order valence-electron chi connectivity index (χ3n) is 8.10. The van der Waals surface area contributed by atoms with E-state index in [-0.39, 0.29) is 22.2 Å². The number of oxime groups is 1. The second kappa shape index (κ2) is 18.2. The van der Waals surface area contributed by atoms with E-state index in [2.05, 4.69) is 26.1 Å². The quantitative estimate of drug-likeness (QED) is 0.0570. The molecule has 17 heteroatoms. The maximum atomic E-state index is 13.6. The van der Waals surface area contributed by atoms with Crippen LogP contribution in [0.2, 0.25) is 0 Å². The van der Waals surface area contributed by atoms with Gasteiger partial charge in [-0.25, -0.2) is 14.6 Å². The van der Waals surface area contributed by atoms with Crippen molar-refractivity contribution < 1.29 is 38.3 Å². The van der Waals surface area contributed by atoms with Gasteiger partial charge in [0.05, 0.1) is 0 Å². The van der Waals surface area contributed by atoms with E-state index >= 15 is 0 Å². The molecule has 2 aliphatic heterocycles. The van der Waals surface area contributed by atoms with Gasteiger partial charge in [0.1, 0.15) is 41.6 Å². The molecule has 0 saturated carbocycles. The number of esters is 1. The smallest absolute Gasteiger partial charge is 0.408 e. The number of hydrogen-bond acceptors (Lipinski definition) is 13. The summed E-state index contributed by atoms with van der Waals surface area (Å²) in [5.41, 5.74) is 6.33. The molecule has 5 rings (SSSR count). The highest BCUT2D eigenvalue weighted by Gasteiger charge is 2.53. The Balaban J connectivity index is 1.23. The van der Waals surface area contributed by atoms with Crippen LogP contribution < -0.4 is 21.7 Å². The lowest BCUT2D eigenvalue weighted by atomic mass is 10.0. The lowest BCUT2D eigenvalue weighted by molar-refractivity contribution is -0.154. The summed E-state index contributed by atoms with van der Waals surface area (Å²) in [5.74, 6) is -2.06. The average Bonchev–Trinajstić information content (AvgIpc) is 3.61. The van der Waals surface area contributed by atoms with Crippen LogP contribution in [-0.2, 0) is 33.5 Å². The van der Waals surface area contributed by atoms with Crippen molar-refractivity contribution in [1.82, 2.24) is 20.5 Å². The molecule has 1 fully saturated rings. The number of nitrogens with zero attached hydrogens (tertiary/aromatic N) is 3. The zero-order valence-corrected chi connectivity index (χ0v) is 31.9. The van der Waals surface area contributed by atoms with Gasteiger partial charge in [-0.15, -0.1) is 23.1 Å². The predicted octanol–water partition coefficient (Wildman–Crippen LogP) is 4.07. The number of benzene rings is 2. The fourth-order valence-corrected chi connectivity index (χ4v) is 7.52. The van der Waals surface area contributed by atoms with Crippen molar-refractivity contribution in [2.24, 2.45) is 10.9 Å². The molecule has 3 aromatic rings. The Morgan fingerprint density at radius 3 is 2.31 bits per heavy atom. The van der Waals surface area contributed by atoms with E-state index in [1.807, 2.05) is 60.7 Å². The number of ether oxygens (including phenoxy) is 2. The zero-order chi connectivity index (χ0) is 38.8. The Morgan fingerprint density at radius 2 is 1.70 bits per heavy atom. The molecule has 1 aromatic heterocycles. The van der Waals surface area contributed by atoms with Gasteiger partial charge in [-0.1, -0.05) is 65.8 Å². The van der Waals surface area contributed by atoms with E-state index in [9.17, 15) is 24.0 Å². The number of thiazole rings is 1. The van der Waals surface area contributed by atoms with E-state index < -0.39 is 58.9 Å². The number of nitrogens with two attached hydrogens (primary N) is 1. The molecule has 286 valence electrons. The predicted molar refractivity (Wildman–Crippen MR) is 204 cm³/mol. The summed E-state index contributed by atoms with van der Waals surface area (Å²) in [6.45, 7) is 5.57. The lowest BCUT2D eigenvalue weighted by Crippen LogP contribution is -2.70. The average molecular weight is 778 g/mol. The van der Waals surface area contributed by atoms with Gasteiger partial charge < -0.3 is 36.0 Å². The number of unbranched alkanes of at least 4 members (excludes halogenated alkanes) is 1. The van der Waals surface area contributed by atoms with Gasteiger partial charge in [-0.2, -0.15) is 0 Å². The highest BCUT2D eigenvalue weighted by Crippen LogP contribution is 2.39. The number of carbonyl (C=O) groups is 5. The fourth-order valence-electron chi connectivity index (χ4n) is 5.63. The Labute approximate surface area is 321 Å². The third kappa shape index (κ3) is 10.0. The molecule has 0 aliphatic carbocycles. The van der Waals surface area contributed by atoms with Gasteiger partial charge in [0, 0.05) is 11.1 Å². The number of β-lactam (4-membered cyclic amide) rings is 1. The van der Waals surface area contributed by atoms with Crippen LogP contribution in [0.25, 0.3) is 0 Å². The lowest BCUT2D eigenvalue weighted by Gasteiger charge is -2.48. The molecule has 3 atom stereocenters. The number of nitrogens with one attached hydrogen (secondary N) is 3. The first-order valence-electron chi connectivity index (χ1n) is 17.2. The van der Waals surface area contributed by atoms with Crippen LogP contribution in [0.3, 0.4) is 0 Å². The molecule has 5 N–H and O–H groups in total. The monoisotopic (exact) mass is 777 g/mol. The van der Waals surface area contributed by atoms with Crippen molar-refractivity contribution in [3.8, 4) is 0 Å². The summed E-state index contributed by atoms with van der Waals surface area (Å²) >= 11 is 2.40. The van der Waals surface area contributed by atoms with E-state index in [0.29, 0.717) is 31.6 Å². The van der Waals surface area contributed by atoms with Crippen LogP contribution in [-0.4, -0.2) is 87.8 Å². The molecule has 0 bridgehead atoms. The molecule has 2 aromatic carbocycles. The van der Waals surface area contributed by atoms with Gasteiger partial charge in [-0.05, 0) is 63.8 Å². The molecule has 0 spiro atoms. The molecule has 2 aliphatic rings. The maximum absolute atomic E-state index is 13.6. The Bertz CT molecular complexity index is 1840. The van der Waals surface area contributed by atoms with Gasteiger partial charge in [0.2, 0.25) is 5.91 Å². The van der Waals surface area contributed by atoms with E-state index in [0.717, 1.165) is 22.5 Å². The largest absolute Gasteiger partial charge is 0.448 e. The number of amides is 4. The van der Waals surface area contributed by atoms with Gasteiger partial charge >= 0.3 is 12.1 Å². The normalized spacial score (nSPS) is 17.4. The summed E-state index contributed by atoms with van der Waals surface area (Å²) in [6.07, 6.45) is 1.73. The number of aromatic nitrogens is 1. The SMILES string of the molecule is CO/N=C(\C(=O)N[C@@H]1C(=O)N2C(C(=O)OC(c3ccccc3)c3ccccc3)=CCS[C@H]12)c1csc(NC(=O)[C@H](CCCCN)NC(=O)OC(C)(C)C)n1. The number of thioether (sulfide) groups is 1. The number of alkyl carbamates (subject to hydrolysis) is 1. The number of rotatable bonds is 15. The number of anilines is 1. The molecule has 0 radical (unpaired) electrons. The molecule has 4 amide bonds. The highest BCUT2D eigenvalue weighted by molar-refractivity contribution is 8.00.